The molecule has 1 aliphatic carbocycles. The number of rotatable bonds is 7. The first kappa shape index (κ1) is 23.5. The summed E-state index contributed by atoms with van der Waals surface area (Å²) in [6.07, 6.45) is 3.39. The van der Waals surface area contributed by atoms with Crippen molar-refractivity contribution in [3.05, 3.63) is 76.6 Å². The van der Waals surface area contributed by atoms with E-state index in [-0.39, 0.29) is 12.1 Å². The summed E-state index contributed by atoms with van der Waals surface area (Å²) in [4.78, 5) is 4.60. The summed E-state index contributed by atoms with van der Waals surface area (Å²) in [6.45, 7) is 0.534. The van der Waals surface area contributed by atoms with Crippen LogP contribution in [0.2, 0.25) is 5.02 Å². The Balaban J connectivity index is 1.45. The summed E-state index contributed by atoms with van der Waals surface area (Å²) in [6, 6.07) is 11.8. The lowest BCUT2D eigenvalue weighted by molar-refractivity contribution is 0.181. The van der Waals surface area contributed by atoms with Gasteiger partial charge in [-0.25, -0.2) is 23.3 Å². The number of nitrogens with one attached hydrogen (secondary N) is 1. The molecule has 188 valence electrons. The third-order valence-corrected chi connectivity index (χ3v) is 6.91. The minimum atomic E-state index is -1.02. The number of aromatic nitrogens is 6. The van der Waals surface area contributed by atoms with Crippen molar-refractivity contribution in [2.24, 2.45) is 5.92 Å². The fourth-order valence-corrected chi connectivity index (χ4v) is 4.59. The molecule has 37 heavy (non-hydrogen) atoms. The molecule has 1 saturated carbocycles. The van der Waals surface area contributed by atoms with Gasteiger partial charge in [0, 0.05) is 28.3 Å². The highest BCUT2D eigenvalue weighted by Crippen LogP contribution is 2.37. The number of tetrazole rings is 1. The average molecular weight is 525 g/mol. The molecule has 2 aromatic heterocycles. The smallest absolute Gasteiger partial charge is 0.179 e. The SMILES string of the molecule is Fc1cc2nc(-c3ccc(Cl)cc3OCC3CCC3)n(Cc3ccc(-c4nnn[nH]4)cc3F)c2cc1F. The van der Waals surface area contributed by atoms with Gasteiger partial charge >= 0.3 is 0 Å². The van der Waals surface area contributed by atoms with Crippen LogP contribution in [0.4, 0.5) is 13.2 Å². The summed E-state index contributed by atoms with van der Waals surface area (Å²) in [5, 5.41) is 13.9. The molecular formula is C26H20ClF3N6O. The van der Waals surface area contributed by atoms with Gasteiger partial charge in [0.25, 0.3) is 0 Å². The number of imidazole rings is 1. The third kappa shape index (κ3) is 4.53. The predicted octanol–water partition coefficient (Wildman–Crippen LogP) is 6.18. The number of hydrogen-bond acceptors (Lipinski definition) is 5. The van der Waals surface area contributed by atoms with E-state index in [1.165, 1.54) is 12.5 Å². The standard InChI is InChI=1S/C26H20ClF3N6O/c27-17-6-7-18(24(9-17)37-13-14-2-1-3-14)26-31-22-10-20(29)21(30)11-23(22)36(26)12-16-5-4-15(8-19(16)28)25-32-34-35-33-25/h4-11,14H,1-3,12-13H2,(H,32,33,34,35). The number of halogens is 4. The van der Waals surface area contributed by atoms with Gasteiger partial charge in [0.1, 0.15) is 17.4 Å². The van der Waals surface area contributed by atoms with Crippen molar-refractivity contribution in [1.29, 1.82) is 0 Å². The Bertz CT molecular complexity index is 1600. The molecule has 0 unspecified atom stereocenters. The molecule has 2 heterocycles. The monoisotopic (exact) mass is 524 g/mol. The number of hydrogen-bond donors (Lipinski definition) is 1. The topological polar surface area (TPSA) is 81.5 Å². The van der Waals surface area contributed by atoms with Gasteiger partial charge in [-0.2, -0.15) is 0 Å². The molecule has 0 spiro atoms. The van der Waals surface area contributed by atoms with Crippen molar-refractivity contribution in [1.82, 2.24) is 30.2 Å². The second kappa shape index (κ2) is 9.51. The average Bonchev–Trinajstić information content (AvgIpc) is 3.49. The summed E-state index contributed by atoms with van der Waals surface area (Å²) in [7, 11) is 0. The Morgan fingerprint density at radius 1 is 1.00 bits per heavy atom. The van der Waals surface area contributed by atoms with Gasteiger partial charge in [0.15, 0.2) is 17.5 Å². The van der Waals surface area contributed by atoms with E-state index in [1.54, 1.807) is 34.9 Å². The van der Waals surface area contributed by atoms with Gasteiger partial charge < -0.3 is 9.30 Å². The quantitative estimate of drug-likeness (QED) is 0.275. The van der Waals surface area contributed by atoms with E-state index in [1.807, 2.05) is 0 Å². The maximum Gasteiger partial charge on any atom is 0.179 e. The molecule has 0 radical (unpaired) electrons. The Morgan fingerprint density at radius 2 is 1.84 bits per heavy atom. The zero-order chi connectivity index (χ0) is 25.5. The molecule has 0 atom stereocenters. The number of aromatic amines is 1. The molecule has 1 aliphatic rings. The molecule has 5 aromatic rings. The molecule has 0 bridgehead atoms. The molecule has 6 rings (SSSR count). The molecule has 7 nitrogen and oxygen atoms in total. The van der Waals surface area contributed by atoms with Crippen LogP contribution in [0.1, 0.15) is 24.8 Å². The minimum Gasteiger partial charge on any atom is -0.492 e. The van der Waals surface area contributed by atoms with Crippen molar-refractivity contribution in [3.8, 4) is 28.5 Å². The Kier molecular flexibility index (Phi) is 6.03. The number of ether oxygens (including phenoxy) is 1. The van der Waals surface area contributed by atoms with Crippen LogP contribution < -0.4 is 4.74 Å². The maximum absolute atomic E-state index is 15.2. The Hall–Kier alpha value is -3.92. The highest BCUT2D eigenvalue weighted by atomic mass is 35.5. The Labute approximate surface area is 214 Å². The van der Waals surface area contributed by atoms with E-state index < -0.39 is 17.5 Å². The van der Waals surface area contributed by atoms with Crippen molar-refractivity contribution in [2.75, 3.05) is 6.61 Å². The summed E-state index contributed by atoms with van der Waals surface area (Å²) in [5.74, 6) is -0.869. The Morgan fingerprint density at radius 3 is 2.57 bits per heavy atom. The van der Waals surface area contributed by atoms with Crippen LogP contribution >= 0.6 is 11.6 Å². The van der Waals surface area contributed by atoms with Gasteiger partial charge in [-0.05, 0) is 53.5 Å². The van der Waals surface area contributed by atoms with Crippen molar-refractivity contribution in [2.45, 2.75) is 25.8 Å². The van der Waals surface area contributed by atoms with Crippen LogP contribution in [0.5, 0.6) is 5.75 Å². The predicted molar refractivity (Wildman–Crippen MR) is 132 cm³/mol. The second-order valence-corrected chi connectivity index (χ2v) is 9.52. The lowest BCUT2D eigenvalue weighted by Crippen LogP contribution is -2.19. The molecule has 3 aromatic carbocycles. The molecule has 0 aliphatic heterocycles. The number of H-pyrrole nitrogens is 1. The minimum absolute atomic E-state index is 0.00235. The van der Waals surface area contributed by atoms with Gasteiger partial charge in [0.05, 0.1) is 29.7 Å². The summed E-state index contributed by atoms with van der Waals surface area (Å²) >= 11 is 6.26. The molecule has 1 fully saturated rings. The molecule has 0 amide bonds. The second-order valence-electron chi connectivity index (χ2n) is 9.08. The normalized spacial score (nSPS) is 13.7. The zero-order valence-electron chi connectivity index (χ0n) is 19.4. The van der Waals surface area contributed by atoms with Crippen molar-refractivity contribution < 1.29 is 17.9 Å². The molecule has 1 N–H and O–H groups in total. The van der Waals surface area contributed by atoms with E-state index in [0.717, 1.165) is 25.0 Å². The molecular weight excluding hydrogens is 505 g/mol. The highest BCUT2D eigenvalue weighted by molar-refractivity contribution is 6.30. The van der Waals surface area contributed by atoms with Crippen LogP contribution in [0.25, 0.3) is 33.8 Å². The largest absolute Gasteiger partial charge is 0.492 e. The first-order valence-electron chi connectivity index (χ1n) is 11.8. The summed E-state index contributed by atoms with van der Waals surface area (Å²) < 4.78 is 51.4. The van der Waals surface area contributed by atoms with E-state index >= 15 is 4.39 Å². The zero-order valence-corrected chi connectivity index (χ0v) is 20.1. The van der Waals surface area contributed by atoms with Gasteiger partial charge in [-0.15, -0.1) is 5.10 Å². The van der Waals surface area contributed by atoms with Crippen molar-refractivity contribution in [3.63, 3.8) is 0 Å². The highest BCUT2D eigenvalue weighted by Gasteiger charge is 2.23. The molecule has 11 heteroatoms. The fourth-order valence-electron chi connectivity index (χ4n) is 4.43. The lowest BCUT2D eigenvalue weighted by Gasteiger charge is -2.25. The van der Waals surface area contributed by atoms with E-state index in [2.05, 4.69) is 25.6 Å². The first-order valence-corrected chi connectivity index (χ1v) is 12.1. The number of fused-ring (bicyclic) bond motifs is 1. The first-order chi connectivity index (χ1) is 18.0. The van der Waals surface area contributed by atoms with E-state index in [4.69, 9.17) is 16.3 Å². The third-order valence-electron chi connectivity index (χ3n) is 6.67. The number of nitrogens with zero attached hydrogens (tertiary/aromatic N) is 5. The van der Waals surface area contributed by atoms with Crippen LogP contribution in [-0.2, 0) is 6.54 Å². The molecule has 0 saturated heterocycles. The van der Waals surface area contributed by atoms with E-state index in [9.17, 15) is 8.78 Å². The van der Waals surface area contributed by atoms with Crippen LogP contribution in [0, 0.1) is 23.4 Å². The lowest BCUT2D eigenvalue weighted by atomic mass is 9.86. The van der Waals surface area contributed by atoms with Crippen LogP contribution in [0.15, 0.2) is 48.5 Å². The fraction of sp³-hybridized carbons (Fsp3) is 0.231. The maximum atomic E-state index is 15.2. The number of benzene rings is 3. The van der Waals surface area contributed by atoms with Crippen LogP contribution in [-0.4, -0.2) is 36.8 Å². The van der Waals surface area contributed by atoms with Gasteiger partial charge in [0.2, 0.25) is 0 Å². The van der Waals surface area contributed by atoms with Gasteiger partial charge in [-0.1, -0.05) is 30.2 Å². The van der Waals surface area contributed by atoms with Crippen LogP contribution in [0.3, 0.4) is 0 Å². The van der Waals surface area contributed by atoms with Crippen molar-refractivity contribution >= 4 is 22.6 Å². The van der Waals surface area contributed by atoms with E-state index in [0.29, 0.717) is 57.2 Å². The summed E-state index contributed by atoms with van der Waals surface area (Å²) in [5.41, 5.74) is 1.92. The van der Waals surface area contributed by atoms with Gasteiger partial charge in [-0.3, -0.25) is 0 Å².